The van der Waals surface area contributed by atoms with Crippen LogP contribution in [-0.4, -0.2) is 41.4 Å². The van der Waals surface area contributed by atoms with Crippen LogP contribution in [0.4, 0.5) is 0 Å². The van der Waals surface area contributed by atoms with Crippen LogP contribution in [0.3, 0.4) is 0 Å². The van der Waals surface area contributed by atoms with Crippen LogP contribution in [0.15, 0.2) is 24.3 Å². The van der Waals surface area contributed by atoms with E-state index < -0.39 is 6.10 Å². The van der Waals surface area contributed by atoms with Crippen LogP contribution in [0, 0.1) is 6.92 Å². The summed E-state index contributed by atoms with van der Waals surface area (Å²) in [7, 11) is 0. The van der Waals surface area contributed by atoms with Crippen LogP contribution in [0.1, 0.15) is 37.0 Å². The summed E-state index contributed by atoms with van der Waals surface area (Å²) in [5.74, 6) is 0. The van der Waals surface area contributed by atoms with E-state index in [-0.39, 0.29) is 6.61 Å². The van der Waals surface area contributed by atoms with Crippen LogP contribution in [-0.2, 0) is 0 Å². The molecule has 18 heavy (non-hydrogen) atoms. The Kier molecular flexibility index (Phi) is 6.94. The molecule has 2 N–H and O–H groups in total. The van der Waals surface area contributed by atoms with E-state index in [1.165, 1.54) is 5.56 Å². The number of unbranched alkanes of at least 4 members (excludes halogenated alkanes) is 1. The minimum Gasteiger partial charge on any atom is -0.396 e. The van der Waals surface area contributed by atoms with Crippen molar-refractivity contribution in [2.75, 3.05) is 26.2 Å². The maximum atomic E-state index is 10.2. The van der Waals surface area contributed by atoms with Crippen LogP contribution in [0.25, 0.3) is 0 Å². The van der Waals surface area contributed by atoms with Gasteiger partial charge in [-0.1, -0.05) is 36.8 Å². The van der Waals surface area contributed by atoms with Crippen molar-refractivity contribution in [2.24, 2.45) is 0 Å². The molecule has 1 aromatic carbocycles. The maximum Gasteiger partial charge on any atom is 0.0916 e. The molecule has 0 saturated carbocycles. The molecule has 102 valence electrons. The molecule has 0 amide bonds. The van der Waals surface area contributed by atoms with E-state index in [9.17, 15) is 5.11 Å². The average molecular weight is 251 g/mol. The van der Waals surface area contributed by atoms with E-state index >= 15 is 0 Å². The van der Waals surface area contributed by atoms with E-state index in [0.717, 1.165) is 31.5 Å². The van der Waals surface area contributed by atoms with Crippen LogP contribution >= 0.6 is 0 Å². The molecule has 1 unspecified atom stereocenters. The Morgan fingerprint density at radius 1 is 1.17 bits per heavy atom. The number of likely N-dealkylation sites (N-methyl/N-ethyl adjacent to an activating group) is 1. The highest BCUT2D eigenvalue weighted by atomic mass is 16.3. The number of aryl methyl sites for hydroxylation is 1. The highest BCUT2D eigenvalue weighted by Crippen LogP contribution is 2.15. The van der Waals surface area contributed by atoms with Crippen molar-refractivity contribution in [2.45, 2.75) is 32.8 Å². The van der Waals surface area contributed by atoms with Gasteiger partial charge in [-0.05, 0) is 38.4 Å². The Balaban J connectivity index is 2.45. The van der Waals surface area contributed by atoms with Gasteiger partial charge in [0.25, 0.3) is 0 Å². The molecule has 0 fully saturated rings. The van der Waals surface area contributed by atoms with Crippen LogP contribution in [0.2, 0.25) is 0 Å². The lowest BCUT2D eigenvalue weighted by molar-refractivity contribution is 0.114. The Labute approximate surface area is 110 Å². The van der Waals surface area contributed by atoms with E-state index in [2.05, 4.69) is 11.8 Å². The first-order valence-electron chi connectivity index (χ1n) is 6.75. The first kappa shape index (κ1) is 15.2. The smallest absolute Gasteiger partial charge is 0.0916 e. The number of hydrogen-bond acceptors (Lipinski definition) is 3. The predicted octanol–water partition coefficient (Wildman–Crippen LogP) is 2.12. The normalized spacial score (nSPS) is 12.9. The largest absolute Gasteiger partial charge is 0.396 e. The fourth-order valence-electron chi connectivity index (χ4n) is 1.96. The second-order valence-corrected chi connectivity index (χ2v) is 4.75. The molecule has 0 aromatic heterocycles. The molecule has 0 saturated heterocycles. The van der Waals surface area contributed by atoms with Crippen molar-refractivity contribution in [3.8, 4) is 0 Å². The summed E-state index contributed by atoms with van der Waals surface area (Å²) in [6.07, 6.45) is 1.38. The lowest BCUT2D eigenvalue weighted by atomic mass is 10.1. The molecular weight excluding hydrogens is 226 g/mol. The fraction of sp³-hybridized carbons (Fsp3) is 0.600. The van der Waals surface area contributed by atoms with Gasteiger partial charge in [-0.15, -0.1) is 0 Å². The van der Waals surface area contributed by atoms with Crippen molar-refractivity contribution < 1.29 is 10.2 Å². The lowest BCUT2D eigenvalue weighted by Crippen LogP contribution is -2.29. The first-order valence-corrected chi connectivity index (χ1v) is 6.75. The molecule has 0 radical (unpaired) electrons. The van der Waals surface area contributed by atoms with Gasteiger partial charge in [-0.2, -0.15) is 0 Å². The van der Waals surface area contributed by atoms with Gasteiger partial charge in [-0.3, -0.25) is 0 Å². The van der Waals surface area contributed by atoms with E-state index in [0.29, 0.717) is 6.54 Å². The molecule has 0 aliphatic rings. The standard InChI is InChI=1S/C15H25NO2/c1-3-16(10-4-5-11-17)12-15(18)14-8-6-13(2)7-9-14/h6-9,15,17-18H,3-5,10-12H2,1-2H3. The van der Waals surface area contributed by atoms with Gasteiger partial charge in [0, 0.05) is 13.2 Å². The zero-order chi connectivity index (χ0) is 13.4. The summed E-state index contributed by atoms with van der Waals surface area (Å²) in [4.78, 5) is 2.22. The molecule has 0 spiro atoms. The Morgan fingerprint density at radius 2 is 1.83 bits per heavy atom. The third-order valence-corrected chi connectivity index (χ3v) is 3.22. The van der Waals surface area contributed by atoms with Gasteiger partial charge in [-0.25, -0.2) is 0 Å². The second-order valence-electron chi connectivity index (χ2n) is 4.75. The van der Waals surface area contributed by atoms with Crippen LogP contribution < -0.4 is 0 Å². The number of aliphatic hydroxyl groups is 2. The quantitative estimate of drug-likeness (QED) is 0.696. The molecule has 0 bridgehead atoms. The number of hydrogen-bond donors (Lipinski definition) is 2. The molecule has 1 aromatic rings. The lowest BCUT2D eigenvalue weighted by Gasteiger charge is -2.23. The van der Waals surface area contributed by atoms with Crippen molar-refractivity contribution >= 4 is 0 Å². The SMILES string of the molecule is CCN(CCCCO)CC(O)c1ccc(C)cc1. The van der Waals surface area contributed by atoms with E-state index in [4.69, 9.17) is 5.11 Å². The van der Waals surface area contributed by atoms with Gasteiger partial charge in [0.1, 0.15) is 0 Å². The Morgan fingerprint density at radius 3 is 2.39 bits per heavy atom. The molecule has 0 aliphatic heterocycles. The number of aliphatic hydroxyl groups excluding tert-OH is 2. The van der Waals surface area contributed by atoms with Gasteiger partial charge in [0.2, 0.25) is 0 Å². The zero-order valence-electron chi connectivity index (χ0n) is 11.5. The third kappa shape index (κ3) is 5.17. The summed E-state index contributed by atoms with van der Waals surface area (Å²) in [6, 6.07) is 8.03. The molecular formula is C15H25NO2. The number of rotatable bonds is 8. The molecule has 3 nitrogen and oxygen atoms in total. The monoisotopic (exact) mass is 251 g/mol. The van der Waals surface area contributed by atoms with Crippen molar-refractivity contribution in [3.05, 3.63) is 35.4 Å². The minimum absolute atomic E-state index is 0.248. The van der Waals surface area contributed by atoms with Gasteiger partial charge < -0.3 is 15.1 Å². The number of nitrogens with zero attached hydrogens (tertiary/aromatic N) is 1. The number of benzene rings is 1. The zero-order valence-corrected chi connectivity index (χ0v) is 11.5. The highest BCUT2D eigenvalue weighted by Gasteiger charge is 2.11. The fourth-order valence-corrected chi connectivity index (χ4v) is 1.96. The van der Waals surface area contributed by atoms with E-state index in [1.54, 1.807) is 0 Å². The molecule has 1 rings (SSSR count). The summed E-state index contributed by atoms with van der Waals surface area (Å²) in [5.41, 5.74) is 2.18. The Bertz CT molecular complexity index is 324. The van der Waals surface area contributed by atoms with Crippen molar-refractivity contribution in [1.29, 1.82) is 0 Å². The Hall–Kier alpha value is -0.900. The summed E-state index contributed by atoms with van der Waals surface area (Å²) >= 11 is 0. The second kappa shape index (κ2) is 8.25. The molecule has 3 heteroatoms. The molecule has 1 atom stereocenters. The first-order chi connectivity index (χ1) is 8.67. The predicted molar refractivity (Wildman–Crippen MR) is 74.6 cm³/mol. The highest BCUT2D eigenvalue weighted by molar-refractivity contribution is 5.23. The average Bonchev–Trinajstić information content (AvgIpc) is 2.38. The summed E-state index contributed by atoms with van der Waals surface area (Å²) in [6.45, 7) is 6.90. The van der Waals surface area contributed by atoms with Gasteiger partial charge in [0.15, 0.2) is 0 Å². The van der Waals surface area contributed by atoms with Crippen LogP contribution in [0.5, 0.6) is 0 Å². The van der Waals surface area contributed by atoms with Crippen molar-refractivity contribution in [3.63, 3.8) is 0 Å². The topological polar surface area (TPSA) is 43.7 Å². The molecule has 0 heterocycles. The third-order valence-electron chi connectivity index (χ3n) is 3.22. The summed E-state index contributed by atoms with van der Waals surface area (Å²) in [5, 5.41) is 18.9. The summed E-state index contributed by atoms with van der Waals surface area (Å²) < 4.78 is 0. The van der Waals surface area contributed by atoms with Gasteiger partial charge in [0.05, 0.1) is 6.10 Å². The minimum atomic E-state index is -0.431. The maximum absolute atomic E-state index is 10.2. The van der Waals surface area contributed by atoms with Gasteiger partial charge >= 0.3 is 0 Å². The van der Waals surface area contributed by atoms with E-state index in [1.807, 2.05) is 31.2 Å². The molecule has 0 aliphatic carbocycles. The van der Waals surface area contributed by atoms with Crippen molar-refractivity contribution in [1.82, 2.24) is 4.90 Å².